The molecule has 0 unspecified atom stereocenters. The third-order valence-electron chi connectivity index (χ3n) is 4.21. The van der Waals surface area contributed by atoms with E-state index in [2.05, 4.69) is 15.9 Å². The molecule has 4 rings (SSSR count). The van der Waals surface area contributed by atoms with Gasteiger partial charge in [0.15, 0.2) is 5.76 Å². The fourth-order valence-electron chi connectivity index (χ4n) is 2.95. The average Bonchev–Trinajstić information content (AvgIpc) is 3.19. The molecular formula is C19H15BrN2O3. The molecule has 0 N–H and O–H groups in total. The molecule has 1 aliphatic rings. The SMILES string of the molecule is O=C1CN(C(=O)c2cc3cc(Br)ccc3o2)CN1Cc1ccccc1. The minimum Gasteiger partial charge on any atom is -0.451 e. The van der Waals surface area contributed by atoms with Crippen molar-refractivity contribution in [2.75, 3.05) is 13.2 Å². The van der Waals surface area contributed by atoms with Gasteiger partial charge >= 0.3 is 0 Å². The maximum absolute atomic E-state index is 12.7. The van der Waals surface area contributed by atoms with Gasteiger partial charge in [0, 0.05) is 16.4 Å². The van der Waals surface area contributed by atoms with Crippen LogP contribution in [0.4, 0.5) is 0 Å². The standard InChI is InChI=1S/C19H15BrN2O3/c20-15-6-7-16-14(8-15)9-17(25-16)19(24)22-11-18(23)21(12-22)10-13-4-2-1-3-5-13/h1-9H,10-12H2. The first-order valence-corrected chi connectivity index (χ1v) is 8.69. The number of hydrogen-bond acceptors (Lipinski definition) is 3. The van der Waals surface area contributed by atoms with Crippen molar-refractivity contribution in [1.29, 1.82) is 0 Å². The highest BCUT2D eigenvalue weighted by molar-refractivity contribution is 9.10. The average molecular weight is 399 g/mol. The number of rotatable bonds is 3. The van der Waals surface area contributed by atoms with Gasteiger partial charge in [-0.3, -0.25) is 9.59 Å². The number of hydrogen-bond donors (Lipinski definition) is 0. The van der Waals surface area contributed by atoms with Crippen LogP contribution in [0.25, 0.3) is 11.0 Å². The molecule has 5 nitrogen and oxygen atoms in total. The summed E-state index contributed by atoms with van der Waals surface area (Å²) in [7, 11) is 0. The lowest BCUT2D eigenvalue weighted by atomic mass is 10.2. The van der Waals surface area contributed by atoms with Crippen molar-refractivity contribution < 1.29 is 14.0 Å². The van der Waals surface area contributed by atoms with Gasteiger partial charge < -0.3 is 14.2 Å². The van der Waals surface area contributed by atoms with Crippen LogP contribution in [-0.4, -0.2) is 34.8 Å². The third-order valence-corrected chi connectivity index (χ3v) is 4.71. The molecule has 1 aromatic heterocycles. The summed E-state index contributed by atoms with van der Waals surface area (Å²) in [6.45, 7) is 0.843. The van der Waals surface area contributed by atoms with E-state index in [1.54, 1.807) is 11.0 Å². The van der Waals surface area contributed by atoms with Gasteiger partial charge in [-0.15, -0.1) is 0 Å². The molecule has 0 radical (unpaired) electrons. The summed E-state index contributed by atoms with van der Waals surface area (Å²) >= 11 is 3.40. The topological polar surface area (TPSA) is 53.8 Å². The van der Waals surface area contributed by atoms with Gasteiger partial charge in [0.2, 0.25) is 5.91 Å². The first-order chi connectivity index (χ1) is 12.1. The summed E-state index contributed by atoms with van der Waals surface area (Å²) in [5.74, 6) is -0.0743. The van der Waals surface area contributed by atoms with E-state index in [1.165, 1.54) is 4.90 Å². The first kappa shape index (κ1) is 15.9. The lowest BCUT2D eigenvalue weighted by molar-refractivity contribution is -0.127. The second-order valence-corrected chi connectivity index (χ2v) is 6.93. The zero-order chi connectivity index (χ0) is 17.4. The summed E-state index contributed by atoms with van der Waals surface area (Å²) in [5.41, 5.74) is 1.69. The quantitative estimate of drug-likeness (QED) is 0.676. The second-order valence-electron chi connectivity index (χ2n) is 6.01. The molecule has 2 heterocycles. The molecule has 2 aromatic carbocycles. The van der Waals surface area contributed by atoms with Gasteiger partial charge in [-0.25, -0.2) is 0 Å². The number of nitrogens with zero attached hydrogens (tertiary/aromatic N) is 2. The normalized spacial score (nSPS) is 14.5. The van der Waals surface area contributed by atoms with Crippen molar-refractivity contribution in [3.05, 3.63) is 70.4 Å². The Bertz CT molecular complexity index is 952. The molecule has 0 saturated carbocycles. The van der Waals surface area contributed by atoms with Crippen LogP contribution in [0.1, 0.15) is 16.1 Å². The molecule has 0 atom stereocenters. The van der Waals surface area contributed by atoms with E-state index in [4.69, 9.17) is 4.42 Å². The molecule has 0 bridgehead atoms. The number of amides is 2. The molecule has 1 aliphatic heterocycles. The number of carbonyl (C=O) groups is 2. The minimum atomic E-state index is -0.267. The molecule has 25 heavy (non-hydrogen) atoms. The Kier molecular flexibility index (Phi) is 4.05. The van der Waals surface area contributed by atoms with Gasteiger partial charge in [0.05, 0.1) is 6.67 Å². The molecule has 3 aromatic rings. The van der Waals surface area contributed by atoms with E-state index in [-0.39, 0.29) is 30.8 Å². The molecular weight excluding hydrogens is 384 g/mol. The van der Waals surface area contributed by atoms with Crippen molar-refractivity contribution in [2.24, 2.45) is 0 Å². The highest BCUT2D eigenvalue weighted by Gasteiger charge is 2.32. The van der Waals surface area contributed by atoms with Gasteiger partial charge in [-0.2, -0.15) is 0 Å². The number of furan rings is 1. The number of fused-ring (bicyclic) bond motifs is 1. The minimum absolute atomic E-state index is 0.0592. The maximum atomic E-state index is 12.7. The number of benzene rings is 2. The van der Waals surface area contributed by atoms with Gasteiger partial charge in [-0.1, -0.05) is 46.3 Å². The van der Waals surface area contributed by atoms with Crippen LogP contribution in [0.3, 0.4) is 0 Å². The van der Waals surface area contributed by atoms with Crippen molar-refractivity contribution in [2.45, 2.75) is 6.54 Å². The predicted octanol–water partition coefficient (Wildman–Crippen LogP) is 3.64. The Hall–Kier alpha value is -2.60. The lowest BCUT2D eigenvalue weighted by Gasteiger charge is -2.17. The summed E-state index contributed by atoms with van der Waals surface area (Å²) in [5, 5.41) is 0.851. The highest BCUT2D eigenvalue weighted by Crippen LogP contribution is 2.25. The molecule has 0 aliphatic carbocycles. The van der Waals surface area contributed by atoms with Crippen LogP contribution in [0.5, 0.6) is 0 Å². The molecule has 0 spiro atoms. The van der Waals surface area contributed by atoms with Gasteiger partial charge in [0.1, 0.15) is 12.1 Å². The van der Waals surface area contributed by atoms with Crippen molar-refractivity contribution in [3.8, 4) is 0 Å². The molecule has 126 valence electrons. The zero-order valence-corrected chi connectivity index (χ0v) is 14.9. The van der Waals surface area contributed by atoms with Crippen LogP contribution in [-0.2, 0) is 11.3 Å². The van der Waals surface area contributed by atoms with Crippen molar-refractivity contribution in [3.63, 3.8) is 0 Å². The second kappa shape index (κ2) is 6.37. The van der Waals surface area contributed by atoms with Crippen molar-refractivity contribution in [1.82, 2.24) is 9.80 Å². The summed E-state index contributed by atoms with van der Waals surface area (Å²) in [4.78, 5) is 28.1. The van der Waals surface area contributed by atoms with Crippen LogP contribution in [0.2, 0.25) is 0 Å². The van der Waals surface area contributed by atoms with Crippen molar-refractivity contribution >= 4 is 38.7 Å². The lowest BCUT2D eigenvalue weighted by Crippen LogP contribution is -2.30. The Balaban J connectivity index is 1.51. The maximum Gasteiger partial charge on any atom is 0.291 e. The van der Waals surface area contributed by atoms with E-state index in [1.807, 2.05) is 48.5 Å². The van der Waals surface area contributed by atoms with Crippen LogP contribution < -0.4 is 0 Å². The summed E-state index contributed by atoms with van der Waals surface area (Å²) in [6, 6.07) is 17.0. The molecule has 1 fully saturated rings. The zero-order valence-electron chi connectivity index (χ0n) is 13.3. The van der Waals surface area contributed by atoms with E-state index in [9.17, 15) is 9.59 Å². The Labute approximate surface area is 152 Å². The third kappa shape index (κ3) is 3.17. The fraction of sp³-hybridized carbons (Fsp3) is 0.158. The summed E-state index contributed by atoms with van der Waals surface area (Å²) in [6.07, 6.45) is 0. The van der Waals surface area contributed by atoms with E-state index in [0.717, 1.165) is 15.4 Å². The van der Waals surface area contributed by atoms with Crippen LogP contribution >= 0.6 is 15.9 Å². The predicted molar refractivity (Wildman–Crippen MR) is 96.8 cm³/mol. The molecule has 2 amide bonds. The number of halogens is 1. The van der Waals surface area contributed by atoms with E-state index < -0.39 is 0 Å². The Morgan fingerprint density at radius 2 is 1.92 bits per heavy atom. The summed E-state index contributed by atoms with van der Waals surface area (Å²) < 4.78 is 6.57. The van der Waals surface area contributed by atoms with Gasteiger partial charge in [-0.05, 0) is 29.8 Å². The highest BCUT2D eigenvalue weighted by atomic mass is 79.9. The molecule has 1 saturated heterocycles. The first-order valence-electron chi connectivity index (χ1n) is 7.90. The van der Waals surface area contributed by atoms with Crippen LogP contribution in [0, 0.1) is 0 Å². The van der Waals surface area contributed by atoms with Crippen LogP contribution in [0.15, 0.2) is 63.5 Å². The van der Waals surface area contributed by atoms with E-state index >= 15 is 0 Å². The number of carbonyl (C=O) groups excluding carboxylic acids is 2. The van der Waals surface area contributed by atoms with E-state index in [0.29, 0.717) is 12.1 Å². The Morgan fingerprint density at radius 1 is 1.12 bits per heavy atom. The Morgan fingerprint density at radius 3 is 2.72 bits per heavy atom. The molecule has 6 heteroatoms. The fourth-order valence-corrected chi connectivity index (χ4v) is 3.33. The van der Waals surface area contributed by atoms with Gasteiger partial charge in [0.25, 0.3) is 5.91 Å². The smallest absolute Gasteiger partial charge is 0.291 e. The largest absolute Gasteiger partial charge is 0.451 e. The monoisotopic (exact) mass is 398 g/mol.